The zero-order valence-corrected chi connectivity index (χ0v) is 19.9. The summed E-state index contributed by atoms with van der Waals surface area (Å²) >= 11 is 0. The Morgan fingerprint density at radius 2 is 1.12 bits per heavy atom. The van der Waals surface area contributed by atoms with Crippen molar-refractivity contribution < 1.29 is 25.2 Å². The minimum Gasteiger partial charge on any atom is -0.316 e. The molecule has 0 amide bonds. The summed E-state index contributed by atoms with van der Waals surface area (Å²) in [5.74, 6) is 0.706. The van der Waals surface area contributed by atoms with Crippen LogP contribution in [0.15, 0.2) is 58.3 Å². The van der Waals surface area contributed by atoms with Crippen molar-refractivity contribution in [3.05, 3.63) is 59.7 Å². The molecule has 1 N–H and O–H groups in total. The van der Waals surface area contributed by atoms with E-state index in [0.29, 0.717) is 24.7 Å². The van der Waals surface area contributed by atoms with Crippen LogP contribution in [0, 0.1) is 31.1 Å². The summed E-state index contributed by atoms with van der Waals surface area (Å²) in [6.07, 6.45) is 1.30. The standard InChI is InChI=1S/C23H29NO6S2/c1-17-3-7-21(8-4-17)31(25,26)29-15-23(11-19-13-24-14-20(19)12-23)16-30-32(27,28)22-9-5-18(2)6-10-22/h3-10,19-20,24H,11-16H2,1-2H3. The molecule has 1 aliphatic heterocycles. The Hall–Kier alpha value is -1.78. The van der Waals surface area contributed by atoms with Crippen LogP contribution in [0.2, 0.25) is 0 Å². The molecule has 9 heteroatoms. The molecule has 1 aliphatic carbocycles. The van der Waals surface area contributed by atoms with E-state index in [4.69, 9.17) is 8.37 Å². The van der Waals surface area contributed by atoms with Crippen molar-refractivity contribution in [3.8, 4) is 0 Å². The molecule has 174 valence electrons. The maximum absolute atomic E-state index is 12.7. The van der Waals surface area contributed by atoms with Crippen molar-refractivity contribution in [3.63, 3.8) is 0 Å². The lowest BCUT2D eigenvalue weighted by atomic mass is 9.86. The van der Waals surface area contributed by atoms with Crippen molar-refractivity contribution in [2.75, 3.05) is 26.3 Å². The smallest absolute Gasteiger partial charge is 0.296 e. The van der Waals surface area contributed by atoms with Crippen LogP contribution < -0.4 is 5.32 Å². The molecule has 2 aromatic carbocycles. The maximum Gasteiger partial charge on any atom is 0.296 e. The highest BCUT2D eigenvalue weighted by Gasteiger charge is 2.49. The third-order valence-electron chi connectivity index (χ3n) is 6.53. The molecular weight excluding hydrogens is 450 g/mol. The summed E-state index contributed by atoms with van der Waals surface area (Å²) in [6, 6.07) is 12.9. The van der Waals surface area contributed by atoms with Crippen molar-refractivity contribution in [1.82, 2.24) is 5.32 Å². The summed E-state index contributed by atoms with van der Waals surface area (Å²) in [4.78, 5) is 0.178. The number of fused-ring (bicyclic) bond motifs is 1. The van der Waals surface area contributed by atoms with Gasteiger partial charge < -0.3 is 5.32 Å². The highest BCUT2D eigenvalue weighted by atomic mass is 32.2. The first-order valence-electron chi connectivity index (χ1n) is 10.7. The lowest BCUT2D eigenvalue weighted by Crippen LogP contribution is -2.34. The van der Waals surface area contributed by atoms with E-state index in [1.54, 1.807) is 24.3 Å². The molecule has 32 heavy (non-hydrogen) atoms. The van der Waals surface area contributed by atoms with Crippen molar-refractivity contribution in [2.24, 2.45) is 17.3 Å². The lowest BCUT2D eigenvalue weighted by molar-refractivity contribution is 0.0828. The van der Waals surface area contributed by atoms with Crippen LogP contribution >= 0.6 is 0 Å². The minimum atomic E-state index is -3.96. The van der Waals surface area contributed by atoms with Crippen molar-refractivity contribution in [2.45, 2.75) is 36.5 Å². The van der Waals surface area contributed by atoms with Crippen LogP contribution in [0.25, 0.3) is 0 Å². The van der Waals surface area contributed by atoms with Gasteiger partial charge in [0.1, 0.15) is 0 Å². The maximum atomic E-state index is 12.7. The zero-order chi connectivity index (χ0) is 23.0. The monoisotopic (exact) mass is 479 g/mol. The summed E-state index contributed by atoms with van der Waals surface area (Å²) in [7, 11) is -7.92. The Morgan fingerprint density at radius 1 is 0.750 bits per heavy atom. The first-order valence-corrected chi connectivity index (χ1v) is 13.5. The number of aryl methyl sites for hydroxylation is 2. The van der Waals surface area contributed by atoms with Crippen LogP contribution in [0.5, 0.6) is 0 Å². The van der Waals surface area contributed by atoms with Crippen LogP contribution in [0.1, 0.15) is 24.0 Å². The van der Waals surface area contributed by atoms with Crippen LogP contribution in [0.4, 0.5) is 0 Å². The Bertz CT molecular complexity index is 1060. The van der Waals surface area contributed by atoms with Gasteiger partial charge in [-0.2, -0.15) is 16.8 Å². The highest BCUT2D eigenvalue weighted by Crippen LogP contribution is 2.48. The van der Waals surface area contributed by atoms with Crippen LogP contribution in [-0.2, 0) is 28.6 Å². The second kappa shape index (κ2) is 8.87. The fourth-order valence-electron chi connectivity index (χ4n) is 4.69. The van der Waals surface area contributed by atoms with Gasteiger partial charge in [-0.05, 0) is 75.9 Å². The van der Waals surface area contributed by atoms with Gasteiger partial charge >= 0.3 is 0 Å². The average Bonchev–Trinajstić information content (AvgIpc) is 3.32. The molecule has 0 aromatic heterocycles. The van der Waals surface area contributed by atoms with E-state index < -0.39 is 25.7 Å². The molecule has 2 fully saturated rings. The minimum absolute atomic E-state index is 0.0892. The fourth-order valence-corrected chi connectivity index (χ4v) is 6.71. The van der Waals surface area contributed by atoms with Gasteiger partial charge in [0.05, 0.1) is 23.0 Å². The Labute approximate surface area is 190 Å². The largest absolute Gasteiger partial charge is 0.316 e. The molecule has 2 aromatic rings. The fraction of sp³-hybridized carbons (Fsp3) is 0.478. The van der Waals surface area contributed by atoms with E-state index in [2.05, 4.69) is 5.32 Å². The summed E-state index contributed by atoms with van der Waals surface area (Å²) < 4.78 is 61.9. The lowest BCUT2D eigenvalue weighted by Gasteiger charge is -2.29. The van der Waals surface area contributed by atoms with Gasteiger partial charge in [-0.3, -0.25) is 8.37 Å². The third-order valence-corrected chi connectivity index (χ3v) is 9.09. The molecule has 1 heterocycles. The molecule has 4 rings (SSSR count). The Kier molecular flexibility index (Phi) is 6.48. The van der Waals surface area contributed by atoms with Crippen LogP contribution in [0.3, 0.4) is 0 Å². The van der Waals surface area contributed by atoms with Gasteiger partial charge in [0.2, 0.25) is 0 Å². The normalized spacial score (nSPS) is 22.7. The molecule has 1 saturated heterocycles. The average molecular weight is 480 g/mol. The van der Waals surface area contributed by atoms with Gasteiger partial charge in [-0.25, -0.2) is 0 Å². The van der Waals surface area contributed by atoms with E-state index >= 15 is 0 Å². The topological polar surface area (TPSA) is 98.8 Å². The summed E-state index contributed by atoms with van der Waals surface area (Å²) in [5, 5.41) is 3.35. The Morgan fingerprint density at radius 3 is 1.50 bits per heavy atom. The number of nitrogens with one attached hydrogen (secondary N) is 1. The molecule has 1 saturated carbocycles. The highest BCUT2D eigenvalue weighted by molar-refractivity contribution is 7.87. The predicted octanol–water partition coefficient (Wildman–Crippen LogP) is 3.03. The summed E-state index contributed by atoms with van der Waals surface area (Å²) in [6.45, 7) is 5.20. The molecule has 0 spiro atoms. The number of benzene rings is 2. The van der Waals surface area contributed by atoms with E-state index in [9.17, 15) is 16.8 Å². The van der Waals surface area contributed by atoms with E-state index in [1.165, 1.54) is 24.3 Å². The SMILES string of the molecule is Cc1ccc(S(=O)(=O)OCC2(COS(=O)(=O)c3ccc(C)cc3)CC3CNCC3C2)cc1. The van der Waals surface area contributed by atoms with Crippen molar-refractivity contribution in [1.29, 1.82) is 0 Å². The quantitative estimate of drug-likeness (QED) is 0.581. The van der Waals surface area contributed by atoms with Gasteiger partial charge in [-0.1, -0.05) is 35.4 Å². The van der Waals surface area contributed by atoms with Gasteiger partial charge in [0, 0.05) is 5.41 Å². The first-order chi connectivity index (χ1) is 15.1. The second-order valence-corrected chi connectivity index (χ2v) is 12.4. The first kappa shape index (κ1) is 23.4. The second-order valence-electron chi connectivity index (χ2n) is 9.15. The Balaban J connectivity index is 1.51. The molecule has 0 radical (unpaired) electrons. The predicted molar refractivity (Wildman–Crippen MR) is 120 cm³/mol. The van der Waals surface area contributed by atoms with E-state index in [1.807, 2.05) is 13.8 Å². The molecule has 2 unspecified atom stereocenters. The van der Waals surface area contributed by atoms with E-state index in [0.717, 1.165) is 24.2 Å². The number of hydrogen-bond acceptors (Lipinski definition) is 7. The molecular formula is C23H29NO6S2. The molecule has 2 aliphatic rings. The molecule has 2 atom stereocenters. The summed E-state index contributed by atoms with van der Waals surface area (Å²) in [5.41, 5.74) is 1.21. The number of hydrogen-bond donors (Lipinski definition) is 1. The molecule has 0 bridgehead atoms. The van der Waals surface area contributed by atoms with Gasteiger partial charge in [-0.15, -0.1) is 0 Å². The van der Waals surface area contributed by atoms with Crippen LogP contribution in [-0.4, -0.2) is 43.1 Å². The van der Waals surface area contributed by atoms with Crippen molar-refractivity contribution >= 4 is 20.2 Å². The molecule has 7 nitrogen and oxygen atoms in total. The number of rotatable bonds is 8. The third kappa shape index (κ3) is 5.07. The van der Waals surface area contributed by atoms with Gasteiger partial charge in [0.25, 0.3) is 20.2 Å². The van der Waals surface area contributed by atoms with Gasteiger partial charge in [0.15, 0.2) is 0 Å². The van der Waals surface area contributed by atoms with E-state index in [-0.39, 0.29) is 23.0 Å². The zero-order valence-electron chi connectivity index (χ0n) is 18.3.